The van der Waals surface area contributed by atoms with E-state index in [2.05, 4.69) is 9.47 Å². The van der Waals surface area contributed by atoms with E-state index in [1.807, 2.05) is 36.4 Å². The lowest BCUT2D eigenvalue weighted by Crippen LogP contribution is -2.07. The summed E-state index contributed by atoms with van der Waals surface area (Å²) in [7, 11) is 2.62. The summed E-state index contributed by atoms with van der Waals surface area (Å²) in [6.45, 7) is 0.000000990. The van der Waals surface area contributed by atoms with E-state index in [1.54, 1.807) is 6.08 Å². The minimum Gasteiger partial charge on any atom is -0.469 e. The fraction of sp³-hybridized carbons (Fsp3) is 0.263. The van der Waals surface area contributed by atoms with E-state index in [4.69, 9.17) is 0 Å². The highest BCUT2D eigenvalue weighted by Gasteiger charge is 2.11. The molecule has 0 spiro atoms. The number of carbonyl (C=O) groups is 2. The zero-order valence-corrected chi connectivity index (χ0v) is 13.7. The van der Waals surface area contributed by atoms with Crippen LogP contribution in [-0.2, 0) is 25.7 Å². The maximum atomic E-state index is 11.5. The molecule has 0 aliphatic rings. The molecule has 0 saturated carbocycles. The van der Waals surface area contributed by atoms with Crippen LogP contribution in [0.4, 0.5) is 0 Å². The standard InChI is InChI=1S/C19H20O5/c1-23-18(21)10-15(11-19(22)24-2)7-13-3-5-17-9-14(12-20)4-6-16(17)8-13/h3-9,20H,10-12H2,1-2H3. The predicted octanol–water partition coefficient (Wildman–Crippen LogP) is 2.84. The summed E-state index contributed by atoms with van der Waals surface area (Å²) in [5.74, 6) is -0.808. The SMILES string of the molecule is COC(=O)CC(=Cc1ccc2cc(CO)ccc2c1)CC(=O)OC. The molecular formula is C19H20O5. The number of fused-ring (bicyclic) bond motifs is 1. The third-order valence-corrected chi connectivity index (χ3v) is 3.68. The van der Waals surface area contributed by atoms with Gasteiger partial charge in [-0.15, -0.1) is 0 Å². The number of aliphatic hydroxyl groups excluding tert-OH is 1. The van der Waals surface area contributed by atoms with E-state index < -0.39 is 11.9 Å². The van der Waals surface area contributed by atoms with Gasteiger partial charge in [0.25, 0.3) is 0 Å². The summed E-state index contributed by atoms with van der Waals surface area (Å²) >= 11 is 0. The van der Waals surface area contributed by atoms with Gasteiger partial charge in [-0.3, -0.25) is 9.59 Å². The summed E-state index contributed by atoms with van der Waals surface area (Å²) in [5.41, 5.74) is 2.35. The first-order valence-electron chi connectivity index (χ1n) is 7.52. The maximum Gasteiger partial charge on any atom is 0.309 e. The topological polar surface area (TPSA) is 72.8 Å². The van der Waals surface area contributed by atoms with Crippen LogP contribution in [0.25, 0.3) is 16.8 Å². The van der Waals surface area contributed by atoms with E-state index in [-0.39, 0.29) is 19.4 Å². The Morgan fingerprint density at radius 1 is 0.958 bits per heavy atom. The van der Waals surface area contributed by atoms with Gasteiger partial charge in [0.05, 0.1) is 33.7 Å². The molecule has 1 N–H and O–H groups in total. The molecule has 0 amide bonds. The van der Waals surface area contributed by atoms with Crippen LogP contribution in [0, 0.1) is 0 Å². The van der Waals surface area contributed by atoms with Crippen LogP contribution >= 0.6 is 0 Å². The van der Waals surface area contributed by atoms with Crippen molar-refractivity contribution >= 4 is 28.8 Å². The van der Waals surface area contributed by atoms with Crippen molar-refractivity contribution in [1.82, 2.24) is 0 Å². The van der Waals surface area contributed by atoms with Gasteiger partial charge in [0.2, 0.25) is 0 Å². The number of hydrogen-bond donors (Lipinski definition) is 1. The van der Waals surface area contributed by atoms with Crippen molar-refractivity contribution in [2.45, 2.75) is 19.4 Å². The van der Waals surface area contributed by atoms with Crippen molar-refractivity contribution in [3.05, 3.63) is 53.1 Å². The second-order valence-electron chi connectivity index (χ2n) is 5.41. The monoisotopic (exact) mass is 328 g/mol. The lowest BCUT2D eigenvalue weighted by Gasteiger charge is -2.07. The first-order chi connectivity index (χ1) is 11.5. The fourth-order valence-corrected chi connectivity index (χ4v) is 2.42. The lowest BCUT2D eigenvalue weighted by atomic mass is 10.0. The third kappa shape index (κ3) is 4.67. The predicted molar refractivity (Wildman–Crippen MR) is 91.1 cm³/mol. The molecule has 5 heteroatoms. The Balaban J connectivity index is 2.33. The van der Waals surface area contributed by atoms with Gasteiger partial charge in [0.15, 0.2) is 0 Å². The summed E-state index contributed by atoms with van der Waals surface area (Å²) in [5, 5.41) is 11.2. The van der Waals surface area contributed by atoms with Crippen LogP contribution in [0.1, 0.15) is 24.0 Å². The average molecular weight is 328 g/mol. The van der Waals surface area contributed by atoms with E-state index in [0.29, 0.717) is 5.57 Å². The molecule has 0 aliphatic heterocycles. The van der Waals surface area contributed by atoms with E-state index in [1.165, 1.54) is 14.2 Å². The highest BCUT2D eigenvalue weighted by atomic mass is 16.5. The molecule has 2 aromatic rings. The van der Waals surface area contributed by atoms with Crippen LogP contribution in [0.2, 0.25) is 0 Å². The van der Waals surface area contributed by atoms with Crippen molar-refractivity contribution in [1.29, 1.82) is 0 Å². The Bertz CT molecular complexity index is 756. The van der Waals surface area contributed by atoms with Gasteiger partial charge in [0, 0.05) is 0 Å². The van der Waals surface area contributed by atoms with Gasteiger partial charge in [0.1, 0.15) is 0 Å². The molecule has 0 saturated heterocycles. The molecule has 0 radical (unpaired) electrons. The van der Waals surface area contributed by atoms with Crippen LogP contribution in [0.5, 0.6) is 0 Å². The van der Waals surface area contributed by atoms with Gasteiger partial charge >= 0.3 is 11.9 Å². The van der Waals surface area contributed by atoms with Crippen LogP contribution in [-0.4, -0.2) is 31.3 Å². The molecule has 0 unspecified atom stereocenters. The number of esters is 2. The third-order valence-electron chi connectivity index (χ3n) is 3.68. The highest BCUT2D eigenvalue weighted by Crippen LogP contribution is 2.21. The first-order valence-corrected chi connectivity index (χ1v) is 7.52. The van der Waals surface area contributed by atoms with Crippen LogP contribution in [0.15, 0.2) is 42.0 Å². The normalized spacial score (nSPS) is 10.3. The molecule has 0 atom stereocenters. The number of hydrogen-bond acceptors (Lipinski definition) is 5. The molecular weight excluding hydrogens is 308 g/mol. The van der Waals surface area contributed by atoms with E-state index in [9.17, 15) is 14.7 Å². The van der Waals surface area contributed by atoms with E-state index in [0.717, 1.165) is 21.9 Å². The summed E-state index contributed by atoms with van der Waals surface area (Å²) in [4.78, 5) is 23.1. The Kier molecular flexibility index (Phi) is 6.09. The van der Waals surface area contributed by atoms with E-state index >= 15 is 0 Å². The van der Waals surface area contributed by atoms with Crippen LogP contribution < -0.4 is 0 Å². The molecule has 24 heavy (non-hydrogen) atoms. The molecule has 0 heterocycles. The van der Waals surface area contributed by atoms with Gasteiger partial charge < -0.3 is 14.6 Å². The van der Waals surface area contributed by atoms with Crippen molar-refractivity contribution in [3.8, 4) is 0 Å². The number of carbonyl (C=O) groups excluding carboxylic acids is 2. The summed E-state index contributed by atoms with van der Waals surface area (Å²) < 4.78 is 9.35. The number of aliphatic hydroxyl groups is 1. The Hall–Kier alpha value is -2.66. The first kappa shape index (κ1) is 17.7. The minimum absolute atomic E-state index is 0.000000990. The molecule has 0 aromatic heterocycles. The molecule has 5 nitrogen and oxygen atoms in total. The maximum absolute atomic E-state index is 11.5. The second kappa shape index (κ2) is 8.26. The minimum atomic E-state index is -0.404. The van der Waals surface area contributed by atoms with Gasteiger partial charge in [-0.25, -0.2) is 0 Å². The van der Waals surface area contributed by atoms with Crippen molar-refractivity contribution in [3.63, 3.8) is 0 Å². The Morgan fingerprint density at radius 2 is 1.54 bits per heavy atom. The quantitative estimate of drug-likeness (QED) is 0.826. The smallest absolute Gasteiger partial charge is 0.309 e. The molecule has 126 valence electrons. The number of ether oxygens (including phenoxy) is 2. The Morgan fingerprint density at radius 3 is 2.12 bits per heavy atom. The molecule has 0 fully saturated rings. The van der Waals surface area contributed by atoms with Gasteiger partial charge in [-0.2, -0.15) is 0 Å². The van der Waals surface area contributed by atoms with Gasteiger partial charge in [-0.05, 0) is 39.6 Å². The number of benzene rings is 2. The zero-order valence-electron chi connectivity index (χ0n) is 13.7. The molecule has 2 aromatic carbocycles. The Labute approximate surface area is 140 Å². The summed E-state index contributed by atoms with van der Waals surface area (Å²) in [6.07, 6.45) is 1.87. The second-order valence-corrected chi connectivity index (χ2v) is 5.41. The zero-order chi connectivity index (χ0) is 17.5. The van der Waals surface area contributed by atoms with Gasteiger partial charge in [-0.1, -0.05) is 30.3 Å². The van der Waals surface area contributed by atoms with Crippen molar-refractivity contribution < 1.29 is 24.2 Å². The van der Waals surface area contributed by atoms with Crippen molar-refractivity contribution in [2.24, 2.45) is 0 Å². The largest absolute Gasteiger partial charge is 0.469 e. The highest BCUT2D eigenvalue weighted by molar-refractivity contribution is 5.86. The number of methoxy groups -OCH3 is 2. The van der Waals surface area contributed by atoms with Crippen molar-refractivity contribution in [2.75, 3.05) is 14.2 Å². The number of rotatable bonds is 6. The molecule has 2 rings (SSSR count). The summed E-state index contributed by atoms with van der Waals surface area (Å²) in [6, 6.07) is 11.5. The molecule has 0 bridgehead atoms. The van der Waals surface area contributed by atoms with Crippen LogP contribution in [0.3, 0.4) is 0 Å². The molecule has 0 aliphatic carbocycles. The lowest BCUT2D eigenvalue weighted by molar-refractivity contribution is -0.140. The fourth-order valence-electron chi connectivity index (χ4n) is 2.42. The average Bonchev–Trinajstić information content (AvgIpc) is 2.60.